The first kappa shape index (κ1) is 19.4. The lowest BCUT2D eigenvalue weighted by Crippen LogP contribution is -2.49. The van der Waals surface area contributed by atoms with Gasteiger partial charge in [0.1, 0.15) is 5.75 Å². The quantitative estimate of drug-likeness (QED) is 0.787. The van der Waals surface area contributed by atoms with E-state index in [9.17, 15) is 10.2 Å². The summed E-state index contributed by atoms with van der Waals surface area (Å²) < 4.78 is 10.5. The molecule has 2 fully saturated rings. The number of phenols is 1. The first-order valence-corrected chi connectivity index (χ1v) is 9.99. The molecule has 0 amide bonds. The van der Waals surface area contributed by atoms with Gasteiger partial charge in [0.2, 0.25) is 0 Å². The maximum atomic E-state index is 11.4. The van der Waals surface area contributed by atoms with Crippen molar-refractivity contribution in [3.63, 3.8) is 0 Å². The molecule has 2 N–H and O–H groups in total. The third-order valence-corrected chi connectivity index (χ3v) is 6.60. The summed E-state index contributed by atoms with van der Waals surface area (Å²) in [6.07, 6.45) is 3.53. The average Bonchev–Trinajstić information content (AvgIpc) is 2.93. The standard InChI is InChI=1S/C22H26ClNO4/c1-27-18-7-3-15(4-8-18)22(26)11-16-5-6-17(12-22)24(16)13-14-9-21(28-2)20(25)10-19(14)23/h3-4,7-10,16-17,25-26H,5-6,11-13H2,1-2H3/t16-,17-/m1/s1. The van der Waals surface area contributed by atoms with Gasteiger partial charge in [-0.2, -0.15) is 0 Å². The summed E-state index contributed by atoms with van der Waals surface area (Å²) >= 11 is 6.37. The van der Waals surface area contributed by atoms with E-state index in [2.05, 4.69) is 4.90 Å². The molecule has 2 bridgehead atoms. The normalized spacial score (nSPS) is 27.0. The highest BCUT2D eigenvalue weighted by molar-refractivity contribution is 6.31. The minimum absolute atomic E-state index is 0.0479. The summed E-state index contributed by atoms with van der Waals surface area (Å²) in [6, 6.07) is 11.7. The van der Waals surface area contributed by atoms with Crippen LogP contribution >= 0.6 is 11.6 Å². The number of hydrogen-bond acceptors (Lipinski definition) is 5. The number of benzene rings is 2. The number of nitrogens with zero attached hydrogens (tertiary/aromatic N) is 1. The van der Waals surface area contributed by atoms with E-state index in [1.165, 1.54) is 13.2 Å². The summed E-state index contributed by atoms with van der Waals surface area (Å²) in [6.45, 7) is 0.684. The lowest BCUT2D eigenvalue weighted by molar-refractivity contribution is -0.0595. The molecule has 2 atom stereocenters. The van der Waals surface area contributed by atoms with Crippen LogP contribution in [0.15, 0.2) is 36.4 Å². The van der Waals surface area contributed by atoms with Crippen molar-refractivity contribution in [2.75, 3.05) is 14.2 Å². The second-order valence-electron chi connectivity index (χ2n) is 7.84. The van der Waals surface area contributed by atoms with Crippen LogP contribution in [0, 0.1) is 0 Å². The first-order valence-electron chi connectivity index (χ1n) is 9.61. The molecule has 0 radical (unpaired) electrons. The van der Waals surface area contributed by atoms with Crippen LogP contribution in [0.25, 0.3) is 0 Å². The Balaban J connectivity index is 1.54. The molecule has 5 nitrogen and oxygen atoms in total. The number of ether oxygens (including phenoxy) is 2. The van der Waals surface area contributed by atoms with Crippen molar-refractivity contribution in [2.45, 2.75) is 49.9 Å². The fraction of sp³-hybridized carbons (Fsp3) is 0.455. The highest BCUT2D eigenvalue weighted by Crippen LogP contribution is 2.47. The largest absolute Gasteiger partial charge is 0.504 e. The van der Waals surface area contributed by atoms with Gasteiger partial charge in [-0.25, -0.2) is 0 Å². The Morgan fingerprint density at radius 2 is 1.71 bits per heavy atom. The number of methoxy groups -OCH3 is 2. The van der Waals surface area contributed by atoms with Gasteiger partial charge >= 0.3 is 0 Å². The van der Waals surface area contributed by atoms with Crippen LogP contribution in [0.5, 0.6) is 17.2 Å². The zero-order valence-corrected chi connectivity index (χ0v) is 16.9. The van der Waals surface area contributed by atoms with Gasteiger partial charge in [-0.15, -0.1) is 0 Å². The van der Waals surface area contributed by atoms with Crippen molar-refractivity contribution in [3.05, 3.63) is 52.5 Å². The Bertz CT molecular complexity index is 840. The summed E-state index contributed by atoms with van der Waals surface area (Å²) in [5.74, 6) is 1.27. The van der Waals surface area contributed by atoms with Crippen molar-refractivity contribution < 1.29 is 19.7 Å². The van der Waals surface area contributed by atoms with E-state index >= 15 is 0 Å². The molecule has 6 heteroatoms. The topological polar surface area (TPSA) is 62.2 Å². The molecule has 28 heavy (non-hydrogen) atoms. The summed E-state index contributed by atoms with van der Waals surface area (Å²) in [7, 11) is 3.18. The lowest BCUT2D eigenvalue weighted by atomic mass is 9.80. The maximum Gasteiger partial charge on any atom is 0.160 e. The first-order chi connectivity index (χ1) is 13.4. The van der Waals surface area contributed by atoms with E-state index in [0.29, 0.717) is 42.2 Å². The minimum Gasteiger partial charge on any atom is -0.504 e. The molecule has 2 saturated heterocycles. The number of hydrogen-bond donors (Lipinski definition) is 2. The second kappa shape index (κ2) is 7.47. The van der Waals surface area contributed by atoms with E-state index in [1.54, 1.807) is 13.2 Å². The van der Waals surface area contributed by atoms with Gasteiger partial charge < -0.3 is 19.7 Å². The van der Waals surface area contributed by atoms with Crippen molar-refractivity contribution >= 4 is 11.6 Å². The van der Waals surface area contributed by atoms with Crippen LogP contribution in [0.2, 0.25) is 5.02 Å². The Morgan fingerprint density at radius 3 is 2.29 bits per heavy atom. The van der Waals surface area contributed by atoms with Crippen molar-refractivity contribution in [3.8, 4) is 17.2 Å². The number of piperidine rings is 1. The number of rotatable bonds is 5. The SMILES string of the molecule is COc1ccc(C2(O)C[C@H]3CC[C@H](C2)N3Cc2cc(OC)c(O)cc2Cl)cc1. The predicted molar refractivity (Wildman–Crippen MR) is 108 cm³/mol. The molecule has 4 rings (SSSR count). The van der Waals surface area contributed by atoms with Gasteiger partial charge in [0.05, 0.1) is 19.8 Å². The number of aliphatic hydroxyl groups is 1. The molecule has 0 spiro atoms. The fourth-order valence-electron chi connectivity index (χ4n) is 4.78. The van der Waals surface area contributed by atoms with Gasteiger partial charge in [-0.05, 0) is 55.0 Å². The molecule has 0 saturated carbocycles. The van der Waals surface area contributed by atoms with Gasteiger partial charge in [-0.1, -0.05) is 23.7 Å². The number of halogens is 1. The average molecular weight is 404 g/mol. The molecule has 2 aromatic carbocycles. The van der Waals surface area contributed by atoms with Gasteiger partial charge in [-0.3, -0.25) is 4.90 Å². The van der Waals surface area contributed by atoms with Crippen LogP contribution in [0.4, 0.5) is 0 Å². The molecule has 2 heterocycles. The number of phenolic OH excluding ortho intramolecular Hbond substituents is 1. The van der Waals surface area contributed by atoms with Crippen LogP contribution < -0.4 is 9.47 Å². The third-order valence-electron chi connectivity index (χ3n) is 6.25. The van der Waals surface area contributed by atoms with Gasteiger partial charge in [0.15, 0.2) is 11.5 Å². The van der Waals surface area contributed by atoms with E-state index in [1.807, 2.05) is 24.3 Å². The predicted octanol–water partition coefficient (Wildman–Crippen LogP) is 4.08. The second-order valence-corrected chi connectivity index (χ2v) is 8.25. The van der Waals surface area contributed by atoms with Crippen molar-refractivity contribution in [1.82, 2.24) is 4.90 Å². The van der Waals surface area contributed by atoms with E-state index in [4.69, 9.17) is 21.1 Å². The van der Waals surface area contributed by atoms with Crippen LogP contribution in [-0.4, -0.2) is 41.4 Å². The third kappa shape index (κ3) is 3.43. The van der Waals surface area contributed by atoms with Gasteiger partial charge in [0, 0.05) is 29.7 Å². The molecule has 150 valence electrons. The van der Waals surface area contributed by atoms with E-state index in [-0.39, 0.29) is 5.75 Å². The molecule has 0 unspecified atom stereocenters. The smallest absolute Gasteiger partial charge is 0.160 e. The summed E-state index contributed by atoms with van der Waals surface area (Å²) in [4.78, 5) is 2.44. The van der Waals surface area contributed by atoms with E-state index < -0.39 is 5.60 Å². The Labute approximate surface area is 170 Å². The summed E-state index contributed by atoms with van der Waals surface area (Å²) in [5, 5.41) is 21.8. The van der Waals surface area contributed by atoms with Crippen LogP contribution in [0.1, 0.15) is 36.8 Å². The monoisotopic (exact) mass is 403 g/mol. The van der Waals surface area contributed by atoms with Gasteiger partial charge in [0.25, 0.3) is 0 Å². The van der Waals surface area contributed by atoms with E-state index in [0.717, 1.165) is 29.7 Å². The Morgan fingerprint density at radius 1 is 1.07 bits per heavy atom. The lowest BCUT2D eigenvalue weighted by Gasteiger charge is -2.44. The molecule has 2 aliphatic heterocycles. The highest BCUT2D eigenvalue weighted by atomic mass is 35.5. The number of aromatic hydroxyl groups is 1. The van der Waals surface area contributed by atoms with Crippen LogP contribution in [0.3, 0.4) is 0 Å². The molecular weight excluding hydrogens is 378 g/mol. The van der Waals surface area contributed by atoms with Crippen LogP contribution in [-0.2, 0) is 12.1 Å². The Hall–Kier alpha value is -1.95. The molecular formula is C22H26ClNO4. The van der Waals surface area contributed by atoms with Crippen molar-refractivity contribution in [1.29, 1.82) is 0 Å². The van der Waals surface area contributed by atoms with Crippen molar-refractivity contribution in [2.24, 2.45) is 0 Å². The minimum atomic E-state index is -0.814. The zero-order valence-electron chi connectivity index (χ0n) is 16.2. The molecule has 2 aliphatic rings. The maximum absolute atomic E-state index is 11.4. The summed E-state index contributed by atoms with van der Waals surface area (Å²) in [5.41, 5.74) is 1.07. The zero-order chi connectivity index (χ0) is 19.9. The Kier molecular flexibility index (Phi) is 5.17. The molecule has 0 aromatic heterocycles. The molecule has 2 aromatic rings. The molecule has 0 aliphatic carbocycles. The fourth-order valence-corrected chi connectivity index (χ4v) is 5.00. The number of fused-ring (bicyclic) bond motifs is 2. The highest BCUT2D eigenvalue weighted by Gasteiger charge is 2.48.